The third kappa shape index (κ3) is 5.54. The lowest BCUT2D eigenvalue weighted by atomic mass is 10.0. The Labute approximate surface area is 197 Å². The van der Waals surface area contributed by atoms with Crippen LogP contribution in [0, 0.1) is 13.8 Å². The molecular formula is C26H23ClN4O2. The van der Waals surface area contributed by atoms with Crippen molar-refractivity contribution in [3.8, 4) is 5.69 Å². The maximum absolute atomic E-state index is 12.9. The smallest absolute Gasteiger partial charge is 0.228 e. The number of nitrogens with zero attached hydrogens (tertiary/aromatic N) is 3. The fourth-order valence-electron chi connectivity index (χ4n) is 3.53. The highest BCUT2D eigenvalue weighted by Crippen LogP contribution is 2.21. The van der Waals surface area contributed by atoms with Gasteiger partial charge in [0.05, 0.1) is 29.0 Å². The number of aryl methyl sites for hydroxylation is 2. The number of aromatic nitrogens is 3. The number of hydrogen-bond donors (Lipinski definition) is 1. The molecule has 0 aliphatic heterocycles. The Balaban J connectivity index is 1.45. The average Bonchev–Trinajstić information content (AvgIpc) is 3.25. The first-order chi connectivity index (χ1) is 15.9. The van der Waals surface area contributed by atoms with Crippen LogP contribution in [0.5, 0.6) is 0 Å². The second kappa shape index (κ2) is 9.79. The molecule has 0 aliphatic carbocycles. The number of nitrogens with one attached hydrogen (secondary N) is 1. The van der Waals surface area contributed by atoms with Crippen molar-refractivity contribution in [1.82, 2.24) is 14.8 Å². The number of hydrogen-bond acceptors (Lipinski definition) is 4. The molecule has 0 spiro atoms. The Morgan fingerprint density at radius 3 is 2.61 bits per heavy atom. The maximum atomic E-state index is 12.9. The van der Waals surface area contributed by atoms with Gasteiger partial charge in [-0.1, -0.05) is 41.9 Å². The highest BCUT2D eigenvalue weighted by Gasteiger charge is 2.12. The minimum absolute atomic E-state index is 0.0112. The molecule has 0 radical (unpaired) electrons. The highest BCUT2D eigenvalue weighted by molar-refractivity contribution is 6.33. The van der Waals surface area contributed by atoms with Crippen molar-refractivity contribution in [2.24, 2.45) is 0 Å². The first-order valence-corrected chi connectivity index (χ1v) is 10.9. The fraction of sp³-hybridized carbons (Fsp3) is 0.154. The molecule has 0 atom stereocenters. The van der Waals surface area contributed by atoms with Crippen LogP contribution in [0.15, 0.2) is 73.1 Å². The van der Waals surface area contributed by atoms with Crippen LogP contribution >= 0.6 is 11.6 Å². The van der Waals surface area contributed by atoms with E-state index >= 15 is 0 Å². The van der Waals surface area contributed by atoms with E-state index in [0.29, 0.717) is 16.3 Å². The van der Waals surface area contributed by atoms with Gasteiger partial charge in [0.1, 0.15) is 0 Å². The number of amides is 1. The van der Waals surface area contributed by atoms with E-state index in [9.17, 15) is 9.59 Å². The molecule has 0 bridgehead atoms. The first-order valence-electron chi connectivity index (χ1n) is 10.5. The average molecular weight is 459 g/mol. The summed E-state index contributed by atoms with van der Waals surface area (Å²) in [6.07, 6.45) is 3.87. The summed E-state index contributed by atoms with van der Waals surface area (Å²) in [6, 6.07) is 18.3. The predicted molar refractivity (Wildman–Crippen MR) is 129 cm³/mol. The number of ketones is 1. The normalized spacial score (nSPS) is 10.8. The van der Waals surface area contributed by atoms with Gasteiger partial charge in [0.15, 0.2) is 5.78 Å². The van der Waals surface area contributed by atoms with Crippen LogP contribution < -0.4 is 5.32 Å². The van der Waals surface area contributed by atoms with Crippen LogP contribution in [-0.4, -0.2) is 26.5 Å². The Bertz CT molecular complexity index is 1330. The molecule has 166 valence electrons. The molecule has 4 rings (SSSR count). The van der Waals surface area contributed by atoms with E-state index in [1.807, 2.05) is 44.2 Å². The standard InChI is InChI=1S/C26H23ClN4O2/c1-17-10-11-20(18(2)29-17)14-25(32)21-6-5-7-22(13-21)31-16-19(15-28-31)12-26(33)30-24-9-4-3-8-23(24)27/h3-11,13,15-16H,12,14H2,1-2H3,(H,30,33). The molecule has 0 saturated carbocycles. The van der Waals surface area contributed by atoms with Crippen molar-refractivity contribution in [3.63, 3.8) is 0 Å². The van der Waals surface area contributed by atoms with Crippen LogP contribution in [-0.2, 0) is 17.6 Å². The van der Waals surface area contributed by atoms with E-state index in [-0.39, 0.29) is 24.5 Å². The second-order valence-corrected chi connectivity index (χ2v) is 8.25. The number of para-hydroxylation sites is 1. The topological polar surface area (TPSA) is 76.9 Å². The Hall–Kier alpha value is -3.77. The summed E-state index contributed by atoms with van der Waals surface area (Å²) >= 11 is 6.10. The van der Waals surface area contributed by atoms with Gasteiger partial charge in [-0.3, -0.25) is 14.6 Å². The summed E-state index contributed by atoms with van der Waals surface area (Å²) in [5.74, 6) is -0.175. The fourth-order valence-corrected chi connectivity index (χ4v) is 3.72. The first kappa shape index (κ1) is 22.4. The molecule has 4 aromatic rings. The number of halogens is 1. The predicted octanol–water partition coefficient (Wildman–Crippen LogP) is 5.14. The van der Waals surface area contributed by atoms with E-state index < -0.39 is 0 Å². The zero-order valence-corrected chi connectivity index (χ0v) is 19.1. The molecule has 1 N–H and O–H groups in total. The molecule has 7 heteroatoms. The molecule has 0 unspecified atom stereocenters. The monoisotopic (exact) mass is 458 g/mol. The number of carbonyl (C=O) groups is 2. The minimum Gasteiger partial charge on any atom is -0.324 e. The van der Waals surface area contributed by atoms with Gasteiger partial charge in [-0.25, -0.2) is 4.68 Å². The van der Waals surface area contributed by atoms with Crippen molar-refractivity contribution >= 4 is 29.0 Å². The summed E-state index contributed by atoms with van der Waals surface area (Å²) < 4.78 is 1.66. The molecule has 2 aromatic heterocycles. The van der Waals surface area contributed by atoms with Gasteiger partial charge in [0, 0.05) is 29.6 Å². The van der Waals surface area contributed by atoms with Gasteiger partial charge >= 0.3 is 0 Å². The van der Waals surface area contributed by atoms with Gasteiger partial charge in [-0.15, -0.1) is 0 Å². The van der Waals surface area contributed by atoms with Crippen molar-refractivity contribution < 1.29 is 9.59 Å². The Morgan fingerprint density at radius 1 is 1.00 bits per heavy atom. The van der Waals surface area contributed by atoms with Gasteiger partial charge in [-0.05, 0) is 55.3 Å². The number of anilines is 1. The largest absolute Gasteiger partial charge is 0.324 e. The van der Waals surface area contributed by atoms with Crippen LogP contribution in [0.1, 0.15) is 32.9 Å². The van der Waals surface area contributed by atoms with Crippen molar-refractivity contribution in [2.45, 2.75) is 26.7 Å². The Morgan fingerprint density at radius 2 is 1.82 bits per heavy atom. The lowest BCUT2D eigenvalue weighted by Gasteiger charge is -2.08. The number of rotatable bonds is 7. The minimum atomic E-state index is -0.186. The molecule has 0 saturated heterocycles. The molecule has 6 nitrogen and oxygen atoms in total. The summed E-state index contributed by atoms with van der Waals surface area (Å²) in [7, 11) is 0. The molecule has 2 heterocycles. The lowest BCUT2D eigenvalue weighted by Crippen LogP contribution is -2.14. The zero-order chi connectivity index (χ0) is 23.4. The van der Waals surface area contributed by atoms with Crippen LogP contribution in [0.3, 0.4) is 0 Å². The molecule has 1 amide bonds. The summed E-state index contributed by atoms with van der Waals surface area (Å²) in [5.41, 5.74) is 5.38. The Kier molecular flexibility index (Phi) is 6.66. The number of carbonyl (C=O) groups excluding carboxylic acids is 2. The van der Waals surface area contributed by atoms with E-state index in [0.717, 1.165) is 28.2 Å². The second-order valence-electron chi connectivity index (χ2n) is 7.85. The van der Waals surface area contributed by atoms with Gasteiger partial charge in [0.25, 0.3) is 0 Å². The van der Waals surface area contributed by atoms with Gasteiger partial charge in [-0.2, -0.15) is 5.10 Å². The summed E-state index contributed by atoms with van der Waals surface area (Å²) in [6.45, 7) is 3.85. The van der Waals surface area contributed by atoms with Gasteiger partial charge in [0.2, 0.25) is 5.91 Å². The third-order valence-corrected chi connectivity index (χ3v) is 5.60. The van der Waals surface area contributed by atoms with E-state index in [1.54, 1.807) is 47.4 Å². The summed E-state index contributed by atoms with van der Waals surface area (Å²) in [4.78, 5) is 29.7. The highest BCUT2D eigenvalue weighted by atomic mass is 35.5. The van der Waals surface area contributed by atoms with E-state index in [1.165, 1.54) is 0 Å². The quantitative estimate of drug-likeness (QED) is 0.389. The third-order valence-electron chi connectivity index (χ3n) is 5.27. The molecular weight excluding hydrogens is 436 g/mol. The van der Waals surface area contributed by atoms with E-state index in [4.69, 9.17) is 11.6 Å². The number of pyridine rings is 1. The van der Waals surface area contributed by atoms with Crippen LogP contribution in [0.25, 0.3) is 5.69 Å². The SMILES string of the molecule is Cc1ccc(CC(=O)c2cccc(-n3cc(CC(=O)Nc4ccccc4Cl)cn3)c2)c(C)n1. The molecule has 2 aromatic carbocycles. The van der Waals surface area contributed by atoms with Crippen molar-refractivity contribution in [3.05, 3.63) is 106 Å². The number of benzene rings is 2. The van der Waals surface area contributed by atoms with Crippen LogP contribution in [0.2, 0.25) is 5.02 Å². The molecule has 0 fully saturated rings. The molecule has 0 aliphatic rings. The number of Topliss-reactive ketones (excluding diaryl/α,β-unsaturated/α-hetero) is 1. The van der Waals surface area contributed by atoms with Crippen LogP contribution in [0.4, 0.5) is 5.69 Å². The van der Waals surface area contributed by atoms with Crippen molar-refractivity contribution in [1.29, 1.82) is 0 Å². The molecule has 33 heavy (non-hydrogen) atoms. The lowest BCUT2D eigenvalue weighted by molar-refractivity contribution is -0.115. The maximum Gasteiger partial charge on any atom is 0.228 e. The summed E-state index contributed by atoms with van der Waals surface area (Å²) in [5, 5.41) is 7.65. The zero-order valence-electron chi connectivity index (χ0n) is 18.4. The van der Waals surface area contributed by atoms with E-state index in [2.05, 4.69) is 15.4 Å². The van der Waals surface area contributed by atoms with Crippen molar-refractivity contribution in [2.75, 3.05) is 5.32 Å². The van der Waals surface area contributed by atoms with Gasteiger partial charge < -0.3 is 5.32 Å².